The molecule has 0 atom stereocenters. The molecule has 0 rings (SSSR count). The quantitative estimate of drug-likeness (QED) is 0.460. The lowest BCUT2D eigenvalue weighted by Gasteiger charge is -0.970. The Kier molecular flexibility index (Phi) is 95.8. The number of halogens is 2. The third-order valence-corrected chi connectivity index (χ3v) is 0. The second-order valence-corrected chi connectivity index (χ2v) is 0.250. The van der Waals surface area contributed by atoms with Gasteiger partial charge in [0, 0.05) is 12.2 Å². The standard InChI is InChI=1S/COS.2ClH/c2-1-3;;/h;2*1H. The summed E-state index contributed by atoms with van der Waals surface area (Å²) in [5.41, 5.74) is 0. The zero-order valence-electron chi connectivity index (χ0n) is 2.13. The third kappa shape index (κ3) is 172. The maximum absolute atomic E-state index is 8.50. The zero-order chi connectivity index (χ0) is 2.71. The number of rotatable bonds is 0. The van der Waals surface area contributed by atoms with Gasteiger partial charge in [-0.1, -0.05) is 0 Å². The van der Waals surface area contributed by atoms with Crippen LogP contribution in [0, 0.1) is 0 Å². The second kappa shape index (κ2) is 26.3. The van der Waals surface area contributed by atoms with E-state index in [-0.39, 0.29) is 24.8 Å². The van der Waals surface area contributed by atoms with Crippen LogP contribution < -0.4 is 0 Å². The van der Waals surface area contributed by atoms with Crippen LogP contribution in [0.1, 0.15) is 0 Å². The Balaban J connectivity index is -0.0000000200. The summed E-state index contributed by atoms with van der Waals surface area (Å²) in [6, 6.07) is 0. The minimum Gasteiger partial charge on any atom is -0.220 e. The second-order valence-electron chi connectivity index (χ2n) is 0.0833. The fraction of sp³-hybridized carbons (Fsp3) is 0. The molecular formula is CH2Cl2OS. The van der Waals surface area contributed by atoms with Gasteiger partial charge < -0.3 is 0 Å². The predicted octanol–water partition coefficient (Wildman–Crippen LogP) is 1.09. The minimum absolute atomic E-state index is 0. The van der Waals surface area contributed by atoms with Crippen LogP contribution in [0.15, 0.2) is 0 Å². The maximum Gasteiger partial charge on any atom is 0.202 e. The highest BCUT2D eigenvalue weighted by Gasteiger charge is 1.07. The molecule has 0 bridgehead atoms. The van der Waals surface area contributed by atoms with Crippen molar-refractivity contribution >= 4 is 42.3 Å². The molecule has 0 saturated heterocycles. The van der Waals surface area contributed by atoms with Gasteiger partial charge in [0.2, 0.25) is 5.23 Å². The Bertz CT molecular complexity index is 30.6. The Labute approximate surface area is 47.6 Å². The van der Waals surface area contributed by atoms with Gasteiger partial charge in [-0.2, -0.15) is 0 Å². The largest absolute Gasteiger partial charge is 0.220 e. The van der Waals surface area contributed by atoms with Crippen LogP contribution in [0.3, 0.4) is 0 Å². The molecule has 0 radical (unpaired) electrons. The molecule has 5 heavy (non-hydrogen) atoms. The van der Waals surface area contributed by atoms with Crippen molar-refractivity contribution in [2.45, 2.75) is 0 Å². The van der Waals surface area contributed by atoms with E-state index in [2.05, 4.69) is 12.2 Å². The lowest BCUT2D eigenvalue weighted by Crippen LogP contribution is -1.08. The summed E-state index contributed by atoms with van der Waals surface area (Å²) in [5.74, 6) is 0. The van der Waals surface area contributed by atoms with Gasteiger partial charge in [-0.15, -0.1) is 24.8 Å². The summed E-state index contributed by atoms with van der Waals surface area (Å²) in [4.78, 5) is 8.50. The molecule has 0 amide bonds. The molecule has 0 aliphatic carbocycles. The van der Waals surface area contributed by atoms with Gasteiger partial charge in [0.25, 0.3) is 0 Å². The SMILES string of the molecule is Cl.Cl.O=C=S. The van der Waals surface area contributed by atoms with E-state index in [4.69, 9.17) is 4.79 Å². The number of carbonyl (C=O) groups excluding carboxylic acids is 1. The molecule has 0 saturated carbocycles. The van der Waals surface area contributed by atoms with Gasteiger partial charge in [-0.25, -0.2) is 4.79 Å². The first-order chi connectivity index (χ1) is 1.41. The molecule has 0 fully saturated rings. The highest BCUT2D eigenvalue weighted by Crippen LogP contribution is 1.14. The fourth-order valence-corrected chi connectivity index (χ4v) is 0. The van der Waals surface area contributed by atoms with E-state index in [9.17, 15) is 0 Å². The molecule has 0 unspecified atom stereocenters. The predicted molar refractivity (Wildman–Crippen MR) is 27.8 cm³/mol. The van der Waals surface area contributed by atoms with Crippen molar-refractivity contribution in [2.75, 3.05) is 0 Å². The Morgan fingerprint density at radius 2 is 1.40 bits per heavy atom. The molecule has 0 aromatic carbocycles. The van der Waals surface area contributed by atoms with Crippen LogP contribution in [0.4, 0.5) is 0 Å². The van der Waals surface area contributed by atoms with Crippen LogP contribution in [-0.2, 0) is 4.79 Å². The summed E-state index contributed by atoms with van der Waals surface area (Å²) >= 11 is 3.59. The maximum atomic E-state index is 8.50. The van der Waals surface area contributed by atoms with Crippen molar-refractivity contribution in [2.24, 2.45) is 0 Å². The molecule has 0 aliphatic rings. The normalized spacial score (nSPS) is 1.60. The molecule has 4 heteroatoms. The van der Waals surface area contributed by atoms with E-state index >= 15 is 0 Å². The van der Waals surface area contributed by atoms with Crippen molar-refractivity contribution < 1.29 is 4.79 Å². The highest BCUT2D eigenvalue weighted by atomic mass is 35.5. The molecule has 0 aromatic rings. The third-order valence-electron chi connectivity index (χ3n) is 0. The van der Waals surface area contributed by atoms with Crippen LogP contribution in [0.2, 0.25) is 0 Å². The van der Waals surface area contributed by atoms with Gasteiger partial charge in [-0.05, 0) is 0 Å². The summed E-state index contributed by atoms with van der Waals surface area (Å²) < 4.78 is 0. The van der Waals surface area contributed by atoms with Crippen molar-refractivity contribution in [3.8, 4) is 0 Å². The molecule has 1 nitrogen and oxygen atoms in total. The minimum atomic E-state index is 0. The van der Waals surface area contributed by atoms with E-state index in [0.29, 0.717) is 0 Å². The van der Waals surface area contributed by atoms with Crippen LogP contribution >= 0.6 is 37.0 Å². The van der Waals surface area contributed by atoms with E-state index in [0.717, 1.165) is 5.23 Å². The van der Waals surface area contributed by atoms with E-state index in [1.165, 1.54) is 0 Å². The molecule has 0 heterocycles. The Morgan fingerprint density at radius 3 is 1.40 bits per heavy atom. The average Bonchev–Trinajstić information content (AvgIpc) is 0.918. The summed E-state index contributed by atoms with van der Waals surface area (Å²) in [6.45, 7) is 0. The molecule has 0 aromatic heterocycles. The van der Waals surface area contributed by atoms with E-state index in [1.807, 2.05) is 0 Å². The van der Waals surface area contributed by atoms with Crippen molar-refractivity contribution in [1.82, 2.24) is 0 Å². The molecule has 0 aliphatic heterocycles. The summed E-state index contributed by atoms with van der Waals surface area (Å²) in [6.07, 6.45) is 0. The summed E-state index contributed by atoms with van der Waals surface area (Å²) in [7, 11) is 0. The van der Waals surface area contributed by atoms with Gasteiger partial charge in [0.05, 0.1) is 0 Å². The van der Waals surface area contributed by atoms with E-state index < -0.39 is 0 Å². The fourth-order valence-electron chi connectivity index (χ4n) is 0. The summed E-state index contributed by atoms with van der Waals surface area (Å²) in [5, 5.41) is 1.08. The number of thiocarbonyl (C=S) groups is 1. The number of hydrogen-bond acceptors (Lipinski definition) is 2. The first kappa shape index (κ1) is 18.2. The first-order valence-corrected chi connectivity index (χ1v) is 0.816. The van der Waals surface area contributed by atoms with Crippen molar-refractivity contribution in [3.63, 3.8) is 0 Å². The average molecular weight is 133 g/mol. The lowest BCUT2D eigenvalue weighted by molar-refractivity contribution is 0.572. The smallest absolute Gasteiger partial charge is 0.202 e. The monoisotopic (exact) mass is 132 g/mol. The van der Waals surface area contributed by atoms with Gasteiger partial charge in [-0.3, -0.25) is 0 Å². The number of hydrogen-bond donors (Lipinski definition) is 0. The molecule has 32 valence electrons. The zero-order valence-corrected chi connectivity index (χ0v) is 4.58. The highest BCUT2D eigenvalue weighted by molar-refractivity contribution is 7.78. The van der Waals surface area contributed by atoms with Crippen LogP contribution in [-0.4, -0.2) is 5.23 Å². The topological polar surface area (TPSA) is 17.1 Å². The Hall–Kier alpha value is 0.380. The van der Waals surface area contributed by atoms with Gasteiger partial charge in [0.1, 0.15) is 0 Å². The van der Waals surface area contributed by atoms with Gasteiger partial charge >= 0.3 is 0 Å². The van der Waals surface area contributed by atoms with Gasteiger partial charge in [0.15, 0.2) is 0 Å². The van der Waals surface area contributed by atoms with Crippen LogP contribution in [0.25, 0.3) is 0 Å². The van der Waals surface area contributed by atoms with Crippen molar-refractivity contribution in [3.05, 3.63) is 0 Å². The lowest BCUT2D eigenvalue weighted by atomic mass is 11.9. The molecule has 0 N–H and O–H groups in total. The molecular weight excluding hydrogens is 131 g/mol. The first-order valence-electron chi connectivity index (χ1n) is 0.408. The van der Waals surface area contributed by atoms with Crippen molar-refractivity contribution in [1.29, 1.82) is 0 Å². The molecule has 0 spiro atoms. The van der Waals surface area contributed by atoms with Crippen LogP contribution in [0.5, 0.6) is 0 Å². The van der Waals surface area contributed by atoms with E-state index in [1.54, 1.807) is 0 Å². The Morgan fingerprint density at radius 1 is 1.40 bits per heavy atom.